The molecule has 0 radical (unpaired) electrons. The molecule has 0 aliphatic heterocycles. The minimum atomic E-state index is -3.92. The molecule has 0 bridgehead atoms. The van der Waals surface area contributed by atoms with Crippen LogP contribution in [0.3, 0.4) is 0 Å². The molecule has 6 nitrogen and oxygen atoms in total. The zero-order chi connectivity index (χ0) is 23.0. The maximum Gasteiger partial charge on any atom is 0.297 e. The van der Waals surface area contributed by atoms with Gasteiger partial charge in [0.15, 0.2) is 0 Å². The molecule has 0 aliphatic carbocycles. The molecular formula is C25H27NO5S. The summed E-state index contributed by atoms with van der Waals surface area (Å²) in [5, 5.41) is 12.7. The van der Waals surface area contributed by atoms with Gasteiger partial charge in [-0.15, -0.1) is 0 Å². The summed E-state index contributed by atoms with van der Waals surface area (Å²) in [5.41, 5.74) is 4.06. The van der Waals surface area contributed by atoms with Gasteiger partial charge < -0.3 is 15.2 Å². The third kappa shape index (κ3) is 6.68. The maximum absolute atomic E-state index is 12.3. The number of aliphatic hydroxyl groups is 1. The number of aliphatic hydroxyl groups excluding tert-OH is 1. The van der Waals surface area contributed by atoms with Crippen LogP contribution in [0.25, 0.3) is 12.2 Å². The number of hydrogen-bond donors (Lipinski definition) is 2. The highest BCUT2D eigenvalue weighted by Crippen LogP contribution is 2.18. The minimum Gasteiger partial charge on any atom is -0.486 e. The van der Waals surface area contributed by atoms with Crippen molar-refractivity contribution in [2.24, 2.45) is 0 Å². The Hall–Kier alpha value is -3.13. The van der Waals surface area contributed by atoms with E-state index in [4.69, 9.17) is 8.92 Å². The Morgan fingerprint density at radius 3 is 2.00 bits per heavy atom. The summed E-state index contributed by atoms with van der Waals surface area (Å²) >= 11 is 0. The van der Waals surface area contributed by atoms with Crippen molar-refractivity contribution in [3.63, 3.8) is 0 Å². The average molecular weight is 454 g/mol. The van der Waals surface area contributed by atoms with Gasteiger partial charge >= 0.3 is 0 Å². The number of ether oxygens (including phenoxy) is 1. The summed E-state index contributed by atoms with van der Waals surface area (Å²) < 4.78 is 35.4. The van der Waals surface area contributed by atoms with Gasteiger partial charge in [-0.2, -0.15) is 8.42 Å². The van der Waals surface area contributed by atoms with Crippen LogP contribution in [-0.2, 0) is 14.3 Å². The highest BCUT2D eigenvalue weighted by atomic mass is 32.2. The Balaban J connectivity index is 1.56. The molecule has 0 aromatic heterocycles. The summed E-state index contributed by atoms with van der Waals surface area (Å²) in [6.07, 6.45) is 3.18. The maximum atomic E-state index is 12.3. The number of nitrogens with one attached hydrogen (secondary N) is 1. The van der Waals surface area contributed by atoms with Crippen LogP contribution >= 0.6 is 0 Å². The van der Waals surface area contributed by atoms with Crippen LogP contribution < -0.4 is 10.1 Å². The van der Waals surface area contributed by atoms with E-state index in [2.05, 4.69) is 5.32 Å². The first-order valence-corrected chi connectivity index (χ1v) is 11.6. The van der Waals surface area contributed by atoms with Gasteiger partial charge in [0.05, 0.1) is 11.5 Å². The van der Waals surface area contributed by atoms with Gasteiger partial charge in [0, 0.05) is 12.7 Å². The second kappa shape index (κ2) is 10.9. The Bertz CT molecular complexity index is 1120. The highest BCUT2D eigenvalue weighted by Gasteiger charge is 2.19. The summed E-state index contributed by atoms with van der Waals surface area (Å²) in [4.78, 5) is 0.0662. The number of hydrogen-bond acceptors (Lipinski definition) is 6. The molecule has 0 amide bonds. The van der Waals surface area contributed by atoms with Crippen LogP contribution in [0.15, 0.2) is 77.7 Å². The lowest BCUT2D eigenvalue weighted by Gasteiger charge is -2.17. The van der Waals surface area contributed by atoms with Gasteiger partial charge in [-0.05, 0) is 54.4 Å². The fourth-order valence-electron chi connectivity index (χ4n) is 2.87. The van der Waals surface area contributed by atoms with Crippen LogP contribution in [0.1, 0.15) is 16.7 Å². The Kier molecular flexibility index (Phi) is 8.05. The lowest BCUT2D eigenvalue weighted by atomic mass is 10.1. The van der Waals surface area contributed by atoms with Gasteiger partial charge in [0.1, 0.15) is 18.5 Å². The van der Waals surface area contributed by atoms with Crippen molar-refractivity contribution in [1.29, 1.82) is 0 Å². The van der Waals surface area contributed by atoms with E-state index in [9.17, 15) is 13.5 Å². The topological polar surface area (TPSA) is 84.9 Å². The predicted octanol–water partition coefficient (Wildman–Crippen LogP) is 4.35. The Labute approximate surface area is 189 Å². The molecule has 7 heteroatoms. The summed E-state index contributed by atoms with van der Waals surface area (Å²) in [5.74, 6) is 0.510. The van der Waals surface area contributed by atoms with Gasteiger partial charge in [-0.25, -0.2) is 0 Å². The quantitative estimate of drug-likeness (QED) is 0.351. The molecular weight excluding hydrogens is 426 g/mol. The molecule has 0 saturated carbocycles. The van der Waals surface area contributed by atoms with Crippen molar-refractivity contribution in [2.45, 2.75) is 17.9 Å². The summed E-state index contributed by atoms with van der Waals surface area (Å²) in [6.45, 7) is 1.19. The van der Waals surface area contributed by atoms with E-state index >= 15 is 0 Å². The molecule has 0 aliphatic rings. The van der Waals surface area contributed by atoms with E-state index in [-0.39, 0.29) is 18.1 Å². The van der Waals surface area contributed by atoms with E-state index in [0.29, 0.717) is 5.75 Å². The molecule has 0 fully saturated rings. The number of benzene rings is 3. The standard InChI is InChI=1S/C25H27NO5S/c1-19-3-15-25(16-4-19)32(28,29)30-18-24(17-27)31-23-13-9-21(10-14-23)6-5-20-7-11-22(26-2)12-8-20/h3-16,24,26-27H,17-18H2,1-2H3. The first kappa shape index (κ1) is 23.5. The zero-order valence-electron chi connectivity index (χ0n) is 18.1. The normalized spacial score (nSPS) is 12.6. The molecule has 0 spiro atoms. The van der Waals surface area contributed by atoms with Crippen molar-refractivity contribution >= 4 is 28.0 Å². The van der Waals surface area contributed by atoms with Gasteiger partial charge in [0.2, 0.25) is 0 Å². The third-order valence-electron chi connectivity index (χ3n) is 4.77. The van der Waals surface area contributed by atoms with Crippen LogP contribution in [-0.4, -0.2) is 39.9 Å². The highest BCUT2D eigenvalue weighted by molar-refractivity contribution is 7.86. The summed E-state index contributed by atoms with van der Waals surface area (Å²) in [7, 11) is -2.04. The number of aryl methyl sites for hydroxylation is 1. The van der Waals surface area contributed by atoms with Gasteiger partial charge in [0.25, 0.3) is 10.1 Å². The third-order valence-corrected chi connectivity index (χ3v) is 6.07. The minimum absolute atomic E-state index is 0.0662. The van der Waals surface area contributed by atoms with E-state index in [1.54, 1.807) is 24.3 Å². The van der Waals surface area contributed by atoms with Crippen LogP contribution in [0.2, 0.25) is 0 Å². The Morgan fingerprint density at radius 2 is 1.47 bits per heavy atom. The van der Waals surface area contributed by atoms with E-state index in [0.717, 1.165) is 22.4 Å². The molecule has 1 unspecified atom stereocenters. The second-order valence-electron chi connectivity index (χ2n) is 7.25. The van der Waals surface area contributed by atoms with Crippen molar-refractivity contribution in [3.8, 4) is 5.75 Å². The van der Waals surface area contributed by atoms with Crippen molar-refractivity contribution in [2.75, 3.05) is 25.6 Å². The molecule has 3 aromatic rings. The first-order valence-electron chi connectivity index (χ1n) is 10.2. The van der Waals surface area contributed by atoms with Crippen LogP contribution in [0.4, 0.5) is 5.69 Å². The lowest BCUT2D eigenvalue weighted by molar-refractivity contribution is 0.0741. The lowest BCUT2D eigenvalue weighted by Crippen LogP contribution is -2.28. The number of anilines is 1. The van der Waals surface area contributed by atoms with E-state index in [1.807, 2.05) is 62.5 Å². The fraction of sp³-hybridized carbons (Fsp3) is 0.200. The number of rotatable bonds is 10. The molecule has 1 atom stereocenters. The first-order chi connectivity index (χ1) is 15.4. The van der Waals surface area contributed by atoms with Crippen molar-refractivity contribution < 1.29 is 22.4 Å². The largest absolute Gasteiger partial charge is 0.486 e. The Morgan fingerprint density at radius 1 is 0.906 bits per heavy atom. The molecule has 32 heavy (non-hydrogen) atoms. The molecule has 168 valence electrons. The van der Waals surface area contributed by atoms with Crippen LogP contribution in [0, 0.1) is 6.92 Å². The second-order valence-corrected chi connectivity index (χ2v) is 8.86. The van der Waals surface area contributed by atoms with Gasteiger partial charge in [-0.3, -0.25) is 4.18 Å². The smallest absolute Gasteiger partial charge is 0.297 e. The molecule has 0 heterocycles. The SMILES string of the molecule is CNc1ccc(C=Cc2ccc(OC(CO)COS(=O)(=O)c3ccc(C)cc3)cc2)cc1. The van der Waals surface area contributed by atoms with E-state index < -0.39 is 16.2 Å². The van der Waals surface area contributed by atoms with Crippen molar-refractivity contribution in [3.05, 3.63) is 89.5 Å². The zero-order valence-corrected chi connectivity index (χ0v) is 18.9. The molecule has 3 aromatic carbocycles. The molecule has 0 saturated heterocycles. The molecule has 3 rings (SSSR count). The molecule has 2 N–H and O–H groups in total. The summed E-state index contributed by atoms with van der Waals surface area (Å²) in [6, 6.07) is 21.7. The average Bonchev–Trinajstić information content (AvgIpc) is 2.82. The predicted molar refractivity (Wildman–Crippen MR) is 127 cm³/mol. The van der Waals surface area contributed by atoms with Gasteiger partial charge in [-0.1, -0.05) is 54.1 Å². The monoisotopic (exact) mass is 453 g/mol. The fourth-order valence-corrected chi connectivity index (χ4v) is 3.80. The van der Waals surface area contributed by atoms with Crippen molar-refractivity contribution in [1.82, 2.24) is 0 Å². The van der Waals surface area contributed by atoms with Crippen LogP contribution in [0.5, 0.6) is 5.75 Å². The van der Waals surface area contributed by atoms with E-state index in [1.165, 1.54) is 12.1 Å².